The second kappa shape index (κ2) is 9.19. The van der Waals surface area contributed by atoms with Crippen molar-refractivity contribution in [2.75, 3.05) is 11.4 Å². The van der Waals surface area contributed by atoms with Crippen LogP contribution in [0.5, 0.6) is 0 Å². The third-order valence-electron chi connectivity index (χ3n) is 7.63. The van der Waals surface area contributed by atoms with Gasteiger partial charge >= 0.3 is 0 Å². The highest BCUT2D eigenvalue weighted by atomic mass is 35.5. The Bertz CT molecular complexity index is 1160. The lowest BCUT2D eigenvalue weighted by molar-refractivity contribution is -0.122. The molecule has 5 rings (SSSR count). The minimum Gasteiger partial charge on any atom is -0.369 e. The number of carbonyl (C=O) groups excluding carboxylic acids is 1. The third kappa shape index (κ3) is 4.22. The summed E-state index contributed by atoms with van der Waals surface area (Å²) in [5.41, 5.74) is 8.76. The van der Waals surface area contributed by atoms with E-state index in [0.29, 0.717) is 16.0 Å². The van der Waals surface area contributed by atoms with Gasteiger partial charge in [-0.15, -0.1) is 0 Å². The highest BCUT2D eigenvalue weighted by Gasteiger charge is 2.39. The molecule has 3 unspecified atom stereocenters. The number of nitrogens with zero attached hydrogens (tertiary/aromatic N) is 3. The Morgan fingerprint density at radius 2 is 1.79 bits per heavy atom. The Hall–Kier alpha value is -2.24. The van der Waals surface area contributed by atoms with Gasteiger partial charge in [0, 0.05) is 18.5 Å². The van der Waals surface area contributed by atoms with E-state index in [1.54, 1.807) is 0 Å². The normalized spacial score (nSPS) is 22.7. The van der Waals surface area contributed by atoms with Crippen molar-refractivity contribution in [1.82, 2.24) is 9.55 Å². The van der Waals surface area contributed by atoms with Gasteiger partial charge in [-0.05, 0) is 56.2 Å². The van der Waals surface area contributed by atoms with Crippen LogP contribution in [0.2, 0.25) is 10.0 Å². The molecule has 33 heavy (non-hydrogen) atoms. The van der Waals surface area contributed by atoms with E-state index in [4.69, 9.17) is 33.9 Å². The molecule has 2 aromatic carbocycles. The molecule has 3 aromatic rings. The highest BCUT2D eigenvalue weighted by molar-refractivity contribution is 6.42. The average molecular weight is 485 g/mol. The molecular formula is C26H30Cl2N4O. The number of carbonyl (C=O) groups is 1. The van der Waals surface area contributed by atoms with Crippen LogP contribution in [0.1, 0.15) is 57.1 Å². The predicted octanol–water partition coefficient (Wildman–Crippen LogP) is 6.21. The molecule has 7 heteroatoms. The summed E-state index contributed by atoms with van der Waals surface area (Å²) in [5.74, 6) is 1.24. The van der Waals surface area contributed by atoms with E-state index in [-0.39, 0.29) is 23.9 Å². The van der Waals surface area contributed by atoms with Crippen molar-refractivity contribution in [3.8, 4) is 0 Å². The fraction of sp³-hybridized carbons (Fsp3) is 0.462. The maximum absolute atomic E-state index is 12.1. The first-order valence-corrected chi connectivity index (χ1v) is 12.7. The van der Waals surface area contributed by atoms with Crippen molar-refractivity contribution in [3.63, 3.8) is 0 Å². The number of rotatable bonds is 5. The smallest absolute Gasteiger partial charge is 0.220 e. The van der Waals surface area contributed by atoms with E-state index in [1.165, 1.54) is 31.2 Å². The molecule has 0 radical (unpaired) electrons. The molecular weight excluding hydrogens is 455 g/mol. The number of amides is 1. The molecule has 1 aromatic heterocycles. The van der Waals surface area contributed by atoms with Crippen molar-refractivity contribution in [1.29, 1.82) is 0 Å². The first-order chi connectivity index (χ1) is 15.9. The molecule has 0 bridgehead atoms. The van der Waals surface area contributed by atoms with Gasteiger partial charge in [0.1, 0.15) is 0 Å². The lowest BCUT2D eigenvalue weighted by Gasteiger charge is -2.43. The first-order valence-electron chi connectivity index (χ1n) is 11.9. The van der Waals surface area contributed by atoms with Gasteiger partial charge in [0.2, 0.25) is 11.9 Å². The zero-order chi connectivity index (χ0) is 23.1. The number of halogens is 2. The average Bonchev–Trinajstić information content (AvgIpc) is 3.47. The molecule has 1 amide bonds. The van der Waals surface area contributed by atoms with Crippen molar-refractivity contribution in [2.45, 2.75) is 57.5 Å². The van der Waals surface area contributed by atoms with Crippen LogP contribution in [0.4, 0.5) is 5.95 Å². The zero-order valence-electron chi connectivity index (χ0n) is 18.9. The minimum atomic E-state index is -0.178. The molecule has 1 aliphatic carbocycles. The second-order valence-electron chi connectivity index (χ2n) is 9.55. The summed E-state index contributed by atoms with van der Waals surface area (Å²) in [6.45, 7) is 2.96. The molecule has 2 fully saturated rings. The number of benzene rings is 2. The Morgan fingerprint density at radius 1 is 1.09 bits per heavy atom. The molecule has 174 valence electrons. The van der Waals surface area contributed by atoms with Gasteiger partial charge in [0.15, 0.2) is 0 Å². The number of hydrogen-bond donors (Lipinski definition) is 1. The highest BCUT2D eigenvalue weighted by Crippen LogP contribution is 2.41. The van der Waals surface area contributed by atoms with Crippen molar-refractivity contribution < 1.29 is 4.79 Å². The van der Waals surface area contributed by atoms with Gasteiger partial charge in [0.25, 0.3) is 0 Å². The SMILES string of the molecule is CC(c1ccccc1)n1c(N2CCC(C(N)=O)CC2C2CCCC2)nc2cc(Cl)c(Cl)cc21. The van der Waals surface area contributed by atoms with E-state index < -0.39 is 0 Å². The van der Waals surface area contributed by atoms with Gasteiger partial charge in [0.05, 0.1) is 27.1 Å². The Labute approximate surface area is 204 Å². The summed E-state index contributed by atoms with van der Waals surface area (Å²) >= 11 is 12.8. The second-order valence-corrected chi connectivity index (χ2v) is 10.4. The summed E-state index contributed by atoms with van der Waals surface area (Å²) in [4.78, 5) is 19.6. The zero-order valence-corrected chi connectivity index (χ0v) is 20.4. The van der Waals surface area contributed by atoms with Crippen molar-refractivity contribution >= 4 is 46.1 Å². The fourth-order valence-electron chi connectivity index (χ4n) is 5.84. The summed E-state index contributed by atoms with van der Waals surface area (Å²) < 4.78 is 2.29. The maximum Gasteiger partial charge on any atom is 0.220 e. The summed E-state index contributed by atoms with van der Waals surface area (Å²) in [7, 11) is 0. The molecule has 0 spiro atoms. The third-order valence-corrected chi connectivity index (χ3v) is 8.35. The number of primary amides is 1. The Morgan fingerprint density at radius 3 is 2.48 bits per heavy atom. The van der Waals surface area contributed by atoms with E-state index in [1.807, 2.05) is 18.2 Å². The van der Waals surface area contributed by atoms with E-state index in [0.717, 1.165) is 36.4 Å². The van der Waals surface area contributed by atoms with E-state index in [2.05, 4.69) is 40.7 Å². The molecule has 2 aliphatic rings. The van der Waals surface area contributed by atoms with Crippen molar-refractivity contribution in [3.05, 3.63) is 58.1 Å². The lowest BCUT2D eigenvalue weighted by Crippen LogP contribution is -2.50. The Balaban J connectivity index is 1.65. The first kappa shape index (κ1) is 22.5. The number of hydrogen-bond acceptors (Lipinski definition) is 3. The van der Waals surface area contributed by atoms with Gasteiger partial charge < -0.3 is 15.2 Å². The van der Waals surface area contributed by atoms with E-state index in [9.17, 15) is 4.79 Å². The number of nitrogens with two attached hydrogens (primary N) is 1. The Kier molecular flexibility index (Phi) is 6.28. The van der Waals surface area contributed by atoms with Crippen LogP contribution in [0.15, 0.2) is 42.5 Å². The summed E-state index contributed by atoms with van der Waals surface area (Å²) in [6.07, 6.45) is 6.43. The number of fused-ring (bicyclic) bond motifs is 1. The van der Waals surface area contributed by atoms with Crippen LogP contribution in [0, 0.1) is 11.8 Å². The van der Waals surface area contributed by atoms with Crippen LogP contribution >= 0.6 is 23.2 Å². The summed E-state index contributed by atoms with van der Waals surface area (Å²) in [6, 6.07) is 14.5. The van der Waals surface area contributed by atoms with Crippen molar-refractivity contribution in [2.24, 2.45) is 17.6 Å². The van der Waals surface area contributed by atoms with Crippen LogP contribution in [0.3, 0.4) is 0 Å². The van der Waals surface area contributed by atoms with Crippen LogP contribution in [0.25, 0.3) is 11.0 Å². The molecule has 1 aliphatic heterocycles. The molecule has 2 heterocycles. The van der Waals surface area contributed by atoms with Gasteiger partial charge in [-0.2, -0.15) is 0 Å². The standard InChI is InChI=1S/C26H30Cl2N4O/c1-16(17-7-3-2-4-8-17)32-24-15-21(28)20(27)14-22(24)30-26(32)31-12-11-19(25(29)33)13-23(31)18-9-5-6-10-18/h2-4,7-8,14-16,18-19,23H,5-6,9-13H2,1H3,(H2,29,33). The topological polar surface area (TPSA) is 64.2 Å². The lowest BCUT2D eigenvalue weighted by atomic mass is 9.83. The number of anilines is 1. The number of imidazole rings is 1. The van der Waals surface area contributed by atoms with E-state index >= 15 is 0 Å². The number of piperidine rings is 1. The molecule has 2 N–H and O–H groups in total. The van der Waals surface area contributed by atoms with Crippen LogP contribution in [-0.2, 0) is 4.79 Å². The maximum atomic E-state index is 12.1. The largest absolute Gasteiger partial charge is 0.369 e. The fourth-order valence-corrected chi connectivity index (χ4v) is 6.15. The predicted molar refractivity (Wildman–Crippen MR) is 135 cm³/mol. The summed E-state index contributed by atoms with van der Waals surface area (Å²) in [5, 5.41) is 1.03. The minimum absolute atomic E-state index is 0.0570. The molecule has 1 saturated carbocycles. The quantitative estimate of drug-likeness (QED) is 0.467. The van der Waals surface area contributed by atoms with Gasteiger partial charge in [-0.25, -0.2) is 4.98 Å². The number of aromatic nitrogens is 2. The van der Waals surface area contributed by atoms with Crippen LogP contribution < -0.4 is 10.6 Å². The molecule has 1 saturated heterocycles. The van der Waals surface area contributed by atoms with Gasteiger partial charge in [-0.1, -0.05) is 66.4 Å². The van der Waals surface area contributed by atoms with Gasteiger partial charge in [-0.3, -0.25) is 4.79 Å². The monoisotopic (exact) mass is 484 g/mol. The van der Waals surface area contributed by atoms with Crippen LogP contribution in [-0.4, -0.2) is 28.0 Å². The molecule has 5 nitrogen and oxygen atoms in total. The molecule has 3 atom stereocenters.